The van der Waals surface area contributed by atoms with Crippen LogP contribution in [0.1, 0.15) is 182 Å². The number of rotatable bonds is 32. The first kappa shape index (κ1) is 72.7. The smallest absolute Gasteiger partial charge is 0.248 e. The molecule has 2 fully saturated rings. The summed E-state index contributed by atoms with van der Waals surface area (Å²) < 4.78 is 0. The lowest BCUT2D eigenvalue weighted by molar-refractivity contribution is -0.146. The van der Waals surface area contributed by atoms with Gasteiger partial charge in [0.05, 0.1) is 12.6 Å². The van der Waals surface area contributed by atoms with Crippen LogP contribution in [0, 0.1) is 29.6 Å². The Morgan fingerprint density at radius 2 is 0.976 bits per heavy atom. The van der Waals surface area contributed by atoms with E-state index >= 15 is 0 Å². The number of aliphatic hydroxyl groups is 1. The summed E-state index contributed by atoms with van der Waals surface area (Å²) >= 11 is 0. The molecule has 2 aliphatic rings. The minimum absolute atomic E-state index is 0.110. The third-order valence-corrected chi connectivity index (χ3v) is 15.4. The maximum atomic E-state index is 14.5. The summed E-state index contributed by atoms with van der Waals surface area (Å²) in [4.78, 5) is 167. The van der Waals surface area contributed by atoms with Crippen LogP contribution in [0.5, 0.6) is 0 Å². The molecule has 2 saturated heterocycles. The van der Waals surface area contributed by atoms with Gasteiger partial charge in [0.1, 0.15) is 58.9 Å². The first-order valence-corrected chi connectivity index (χ1v) is 29.6. The standard InChI is InChI=1S/C58H102N12O13/c1-18-34(9)44(50(78)61-39(29-32(5)6)47(75)67-57(14,15)54(82)69-26-20-22-40(69)48(76)60-37(30-71)28-31(3)4)65-49(77)41-23-21-27-70(41)55(83)58(16,17)68-52(80)43(33(7)8)63-51(79)45(35(10)19-2)64-46(74)38(24-25-42(59)73)62-53(81)56(12,13)66-36(11)72/h31-35,37-41,43-45,71H,18-30H2,1-17H3,(H2,59,73)(H,60,76)(H,61,78)(H,62,81)(H,63,79)(H,64,74)(H,65,77)(H,66,72)(H,67,75)(H,68,80). The zero-order valence-corrected chi connectivity index (χ0v) is 52.5. The van der Waals surface area contributed by atoms with Gasteiger partial charge in [-0.2, -0.15) is 0 Å². The van der Waals surface area contributed by atoms with Crippen LogP contribution in [0.25, 0.3) is 0 Å². The van der Waals surface area contributed by atoms with Crippen LogP contribution in [-0.4, -0.2) is 170 Å². The summed E-state index contributed by atoms with van der Waals surface area (Å²) in [7, 11) is 0. The number of carbonyl (C=O) groups is 12. The molecular weight excluding hydrogens is 1070 g/mol. The van der Waals surface area contributed by atoms with Gasteiger partial charge in [-0.25, -0.2) is 0 Å². The fourth-order valence-corrected chi connectivity index (χ4v) is 10.3. The Balaban J connectivity index is 2.30. The van der Waals surface area contributed by atoms with Crippen LogP contribution < -0.4 is 53.6 Å². The molecule has 0 aliphatic carbocycles. The predicted octanol–water partition coefficient (Wildman–Crippen LogP) is 0.680. The lowest BCUT2D eigenvalue weighted by Gasteiger charge is -2.36. The first-order chi connectivity index (χ1) is 38.3. The normalized spacial score (nSPS) is 18.6. The van der Waals surface area contributed by atoms with Crippen molar-refractivity contribution < 1.29 is 62.6 Å². The number of primary amides is 1. The van der Waals surface area contributed by atoms with Gasteiger partial charge in [0.2, 0.25) is 70.9 Å². The van der Waals surface area contributed by atoms with E-state index in [-0.39, 0.29) is 63.1 Å². The van der Waals surface area contributed by atoms with Crippen LogP contribution >= 0.6 is 0 Å². The summed E-state index contributed by atoms with van der Waals surface area (Å²) in [6, 6.07) is -8.52. The van der Waals surface area contributed by atoms with E-state index in [1.165, 1.54) is 58.3 Å². The second-order valence-electron chi connectivity index (χ2n) is 25.6. The average molecular weight is 1180 g/mol. The quantitative estimate of drug-likeness (QED) is 0.0442. The topological polar surface area (TPSA) is 366 Å². The summed E-state index contributed by atoms with van der Waals surface area (Å²) in [5.41, 5.74) is 0.751. The first-order valence-electron chi connectivity index (χ1n) is 29.6. The summed E-state index contributed by atoms with van der Waals surface area (Å²) in [6.07, 6.45) is 2.61. The second kappa shape index (κ2) is 32.0. The van der Waals surface area contributed by atoms with Crippen molar-refractivity contribution >= 4 is 70.9 Å². The Labute approximate surface area is 491 Å². The minimum Gasteiger partial charge on any atom is -0.394 e. The fraction of sp³-hybridized carbons (Fsp3) is 0.793. The van der Waals surface area contributed by atoms with Crippen molar-refractivity contribution in [2.45, 2.75) is 247 Å². The SMILES string of the molecule is CCC(C)C(NC(=O)C(CCC(N)=O)NC(=O)C(C)(C)NC(C)=O)C(=O)NC(C(=O)NC(C)(C)C(=O)N1CCCC1C(=O)NC(C(=O)NC(CC(C)C)C(=O)NC(C)(C)C(=O)N1CCCC1C(=O)NC(CO)CC(C)C)C(C)CC)C(C)C. The maximum absolute atomic E-state index is 14.5. The van der Waals surface area contributed by atoms with E-state index in [1.807, 2.05) is 34.6 Å². The molecule has 2 heterocycles. The molecule has 25 heteroatoms. The molecule has 0 aromatic rings. The number of aliphatic hydroxyl groups excluding tert-OH is 1. The summed E-state index contributed by atoms with van der Waals surface area (Å²) in [5.74, 6) is -9.19. The lowest BCUT2D eigenvalue weighted by Crippen LogP contribution is -2.64. The molecule has 83 heavy (non-hydrogen) atoms. The molecule has 25 nitrogen and oxygen atoms in total. The number of carbonyl (C=O) groups excluding carboxylic acids is 12. The van der Waals surface area contributed by atoms with Crippen LogP contribution in [0.15, 0.2) is 0 Å². The zero-order valence-electron chi connectivity index (χ0n) is 52.5. The van der Waals surface area contributed by atoms with Gasteiger partial charge in [0.15, 0.2) is 0 Å². The highest BCUT2D eigenvalue weighted by Crippen LogP contribution is 2.25. The maximum Gasteiger partial charge on any atom is 0.248 e. The van der Waals surface area contributed by atoms with E-state index < -0.39 is 148 Å². The highest BCUT2D eigenvalue weighted by atomic mass is 16.3. The van der Waals surface area contributed by atoms with Gasteiger partial charge < -0.3 is 68.5 Å². The highest BCUT2D eigenvalue weighted by Gasteiger charge is 2.46. The minimum atomic E-state index is -1.66. The molecule has 0 bridgehead atoms. The van der Waals surface area contributed by atoms with Gasteiger partial charge in [-0.1, -0.05) is 82.1 Å². The van der Waals surface area contributed by atoms with E-state index in [4.69, 9.17) is 5.73 Å². The Morgan fingerprint density at radius 1 is 0.530 bits per heavy atom. The van der Waals surface area contributed by atoms with Crippen molar-refractivity contribution in [2.75, 3.05) is 19.7 Å². The molecule has 0 saturated carbocycles. The average Bonchev–Trinajstić information content (AvgIpc) is 3.92. The lowest BCUT2D eigenvalue weighted by atomic mass is 9.95. The van der Waals surface area contributed by atoms with Crippen LogP contribution in [-0.2, 0) is 57.5 Å². The number of likely N-dealkylation sites (tertiary alicyclic amines) is 2. The monoisotopic (exact) mass is 1170 g/mol. The third kappa shape index (κ3) is 21.6. The Morgan fingerprint density at radius 3 is 1.41 bits per heavy atom. The number of amides is 12. The van der Waals surface area contributed by atoms with Gasteiger partial charge in [0, 0.05) is 26.4 Å². The second-order valence-corrected chi connectivity index (χ2v) is 25.6. The number of nitrogens with two attached hydrogens (primary N) is 1. The van der Waals surface area contributed by atoms with E-state index in [0.717, 1.165) is 0 Å². The van der Waals surface area contributed by atoms with Gasteiger partial charge in [-0.05, 0) is 116 Å². The summed E-state index contributed by atoms with van der Waals surface area (Å²) in [5, 5.41) is 34.4. The van der Waals surface area contributed by atoms with E-state index in [0.29, 0.717) is 38.5 Å². The van der Waals surface area contributed by atoms with Crippen molar-refractivity contribution in [3.05, 3.63) is 0 Å². The zero-order chi connectivity index (χ0) is 63.6. The van der Waals surface area contributed by atoms with Crippen molar-refractivity contribution in [2.24, 2.45) is 35.3 Å². The number of hydrogen-bond acceptors (Lipinski definition) is 13. The van der Waals surface area contributed by atoms with Crippen molar-refractivity contribution in [3.63, 3.8) is 0 Å². The van der Waals surface area contributed by atoms with E-state index in [1.54, 1.807) is 34.6 Å². The summed E-state index contributed by atoms with van der Waals surface area (Å²) in [6.45, 7) is 28.3. The molecule has 12 N–H and O–H groups in total. The molecule has 0 aromatic carbocycles. The van der Waals surface area contributed by atoms with Crippen LogP contribution in [0.2, 0.25) is 0 Å². The van der Waals surface area contributed by atoms with Gasteiger partial charge >= 0.3 is 0 Å². The molecule has 2 rings (SSSR count). The molecule has 472 valence electrons. The van der Waals surface area contributed by atoms with Gasteiger partial charge in [0.25, 0.3) is 0 Å². The van der Waals surface area contributed by atoms with Crippen molar-refractivity contribution in [3.8, 4) is 0 Å². The third-order valence-electron chi connectivity index (χ3n) is 15.4. The molecule has 2 aliphatic heterocycles. The highest BCUT2D eigenvalue weighted by molar-refractivity contribution is 6.01. The van der Waals surface area contributed by atoms with E-state index in [2.05, 4.69) is 47.9 Å². The molecule has 10 atom stereocenters. The van der Waals surface area contributed by atoms with Crippen LogP contribution in [0.4, 0.5) is 0 Å². The number of nitrogens with zero attached hydrogens (tertiary/aromatic N) is 2. The number of hydrogen-bond donors (Lipinski definition) is 11. The molecule has 0 radical (unpaired) electrons. The van der Waals surface area contributed by atoms with Crippen LogP contribution in [0.3, 0.4) is 0 Å². The van der Waals surface area contributed by atoms with Crippen molar-refractivity contribution in [1.29, 1.82) is 0 Å². The number of nitrogens with one attached hydrogen (secondary N) is 9. The fourth-order valence-electron chi connectivity index (χ4n) is 10.3. The molecular formula is C58H102N12O13. The van der Waals surface area contributed by atoms with E-state index in [9.17, 15) is 62.6 Å². The molecule has 0 aromatic heterocycles. The molecule has 12 amide bonds. The van der Waals surface area contributed by atoms with Gasteiger partial charge in [-0.15, -0.1) is 0 Å². The molecule has 0 spiro atoms. The predicted molar refractivity (Wildman–Crippen MR) is 312 cm³/mol. The Kier molecular flexibility index (Phi) is 28.1. The largest absolute Gasteiger partial charge is 0.394 e. The Bertz CT molecular complexity index is 2320. The Hall–Kier alpha value is -6.40. The van der Waals surface area contributed by atoms with Gasteiger partial charge in [-0.3, -0.25) is 57.5 Å². The molecule has 10 unspecified atom stereocenters. The van der Waals surface area contributed by atoms with Crippen molar-refractivity contribution in [1.82, 2.24) is 57.7 Å².